The fourth-order valence-corrected chi connectivity index (χ4v) is 2.48. The van der Waals surface area contributed by atoms with Gasteiger partial charge < -0.3 is 21.5 Å². The molecular weight excluding hydrogens is 206 g/mol. The lowest BCUT2D eigenvalue weighted by Crippen LogP contribution is -2.47. The van der Waals surface area contributed by atoms with E-state index < -0.39 is 0 Å². The summed E-state index contributed by atoms with van der Waals surface area (Å²) in [7, 11) is 0. The first-order valence-electron chi connectivity index (χ1n) is 6.12. The minimum Gasteiger partial charge on any atom is -0.392 e. The molecule has 2 fully saturated rings. The number of hydrogen-bond donors (Lipinski definition) is 4. The van der Waals surface area contributed by atoms with Crippen LogP contribution in [-0.4, -0.2) is 41.8 Å². The number of β-amino-alcohol motifs (C(OH)–C–C–N with tert-alkyl or cyclic N) is 1. The smallest absolute Gasteiger partial charge is 0.237 e. The Morgan fingerprint density at radius 3 is 2.56 bits per heavy atom. The molecule has 1 saturated heterocycles. The van der Waals surface area contributed by atoms with Crippen molar-refractivity contribution in [2.75, 3.05) is 6.54 Å². The topological polar surface area (TPSA) is 87.4 Å². The lowest BCUT2D eigenvalue weighted by Gasteiger charge is -2.27. The van der Waals surface area contributed by atoms with Gasteiger partial charge in [0.25, 0.3) is 0 Å². The molecule has 1 aliphatic carbocycles. The summed E-state index contributed by atoms with van der Waals surface area (Å²) in [6, 6.07) is 0.358. The molecule has 1 heterocycles. The van der Waals surface area contributed by atoms with Crippen LogP contribution < -0.4 is 16.4 Å². The fourth-order valence-electron chi connectivity index (χ4n) is 2.48. The molecule has 2 rings (SSSR count). The lowest BCUT2D eigenvalue weighted by atomic mass is 9.91. The standard InChI is InChI=1S/C11H21N3O2/c12-7-1-3-8(4-2-7)14-11(16)10-5-9(15)6-13-10/h7-10,13,15H,1-6,12H2,(H,14,16)/t7-,8-,9-,10+/m0/s1. The molecule has 92 valence electrons. The van der Waals surface area contributed by atoms with Crippen molar-refractivity contribution in [3.05, 3.63) is 0 Å². The van der Waals surface area contributed by atoms with Gasteiger partial charge in [0, 0.05) is 18.6 Å². The van der Waals surface area contributed by atoms with Gasteiger partial charge in [0.1, 0.15) is 0 Å². The average Bonchev–Trinajstić information content (AvgIpc) is 2.68. The van der Waals surface area contributed by atoms with Crippen molar-refractivity contribution < 1.29 is 9.90 Å². The average molecular weight is 227 g/mol. The highest BCUT2D eigenvalue weighted by Gasteiger charge is 2.29. The molecule has 0 aromatic carbocycles. The Bertz CT molecular complexity index is 252. The van der Waals surface area contributed by atoms with Gasteiger partial charge in [0.05, 0.1) is 12.1 Å². The van der Waals surface area contributed by atoms with E-state index in [0.717, 1.165) is 25.7 Å². The summed E-state index contributed by atoms with van der Waals surface area (Å²) in [5, 5.41) is 15.4. The highest BCUT2D eigenvalue weighted by molar-refractivity contribution is 5.82. The van der Waals surface area contributed by atoms with E-state index in [0.29, 0.717) is 19.0 Å². The van der Waals surface area contributed by atoms with Gasteiger partial charge in [-0.3, -0.25) is 4.79 Å². The molecule has 0 bridgehead atoms. The summed E-state index contributed by atoms with van der Waals surface area (Å²) in [5.74, 6) is 0.0250. The van der Waals surface area contributed by atoms with Gasteiger partial charge >= 0.3 is 0 Å². The van der Waals surface area contributed by atoms with E-state index in [1.807, 2.05) is 0 Å². The third kappa shape index (κ3) is 2.93. The Labute approximate surface area is 95.8 Å². The molecule has 5 N–H and O–H groups in total. The van der Waals surface area contributed by atoms with E-state index in [9.17, 15) is 9.90 Å². The lowest BCUT2D eigenvalue weighted by molar-refractivity contribution is -0.123. The van der Waals surface area contributed by atoms with Crippen LogP contribution in [-0.2, 0) is 4.79 Å². The van der Waals surface area contributed by atoms with Crippen LogP contribution in [0.25, 0.3) is 0 Å². The molecule has 0 spiro atoms. The van der Waals surface area contributed by atoms with Gasteiger partial charge in [0.2, 0.25) is 5.91 Å². The zero-order valence-electron chi connectivity index (χ0n) is 9.48. The zero-order chi connectivity index (χ0) is 11.5. The quantitative estimate of drug-likeness (QED) is 0.492. The van der Waals surface area contributed by atoms with Crippen LogP contribution in [0, 0.1) is 0 Å². The third-order valence-electron chi connectivity index (χ3n) is 3.54. The van der Waals surface area contributed by atoms with Crippen LogP contribution >= 0.6 is 0 Å². The van der Waals surface area contributed by atoms with Crippen LogP contribution in [0.1, 0.15) is 32.1 Å². The number of carbonyl (C=O) groups excluding carboxylic acids is 1. The second kappa shape index (κ2) is 5.12. The summed E-state index contributed by atoms with van der Waals surface area (Å²) in [6.07, 6.45) is 4.08. The number of aliphatic hydroxyl groups excluding tert-OH is 1. The first-order valence-corrected chi connectivity index (χ1v) is 6.12. The molecule has 0 aromatic rings. The number of carbonyl (C=O) groups is 1. The number of nitrogens with two attached hydrogens (primary N) is 1. The summed E-state index contributed by atoms with van der Waals surface area (Å²) in [5.41, 5.74) is 5.81. The summed E-state index contributed by atoms with van der Waals surface area (Å²) >= 11 is 0. The van der Waals surface area contributed by atoms with Crippen LogP contribution in [0.5, 0.6) is 0 Å². The Kier molecular flexibility index (Phi) is 3.78. The number of aliphatic hydroxyl groups is 1. The van der Waals surface area contributed by atoms with Gasteiger partial charge in [-0.25, -0.2) is 0 Å². The van der Waals surface area contributed by atoms with Crippen LogP contribution in [0.15, 0.2) is 0 Å². The van der Waals surface area contributed by atoms with Crippen molar-refractivity contribution in [3.63, 3.8) is 0 Å². The molecule has 0 aromatic heterocycles. The van der Waals surface area contributed by atoms with E-state index in [2.05, 4.69) is 10.6 Å². The molecular formula is C11H21N3O2. The maximum atomic E-state index is 11.8. The maximum Gasteiger partial charge on any atom is 0.237 e. The zero-order valence-corrected chi connectivity index (χ0v) is 9.48. The van der Waals surface area contributed by atoms with Crippen molar-refractivity contribution in [2.24, 2.45) is 5.73 Å². The van der Waals surface area contributed by atoms with E-state index in [1.165, 1.54) is 0 Å². The predicted molar refractivity (Wildman–Crippen MR) is 60.8 cm³/mol. The van der Waals surface area contributed by atoms with Crippen molar-refractivity contribution >= 4 is 5.91 Å². The van der Waals surface area contributed by atoms with E-state index in [-0.39, 0.29) is 24.1 Å². The number of rotatable bonds is 2. The van der Waals surface area contributed by atoms with Gasteiger partial charge in [-0.1, -0.05) is 0 Å². The monoisotopic (exact) mass is 227 g/mol. The molecule has 1 saturated carbocycles. The minimum atomic E-state index is -0.379. The molecule has 2 atom stereocenters. The van der Waals surface area contributed by atoms with Crippen LogP contribution in [0.3, 0.4) is 0 Å². The number of nitrogens with one attached hydrogen (secondary N) is 2. The van der Waals surface area contributed by atoms with Gasteiger partial charge in [-0.2, -0.15) is 0 Å². The van der Waals surface area contributed by atoms with Crippen LogP contribution in [0.2, 0.25) is 0 Å². The normalized spacial score (nSPS) is 39.6. The molecule has 1 aliphatic heterocycles. The van der Waals surface area contributed by atoms with Crippen molar-refractivity contribution in [2.45, 2.75) is 56.3 Å². The molecule has 2 aliphatic rings. The van der Waals surface area contributed by atoms with E-state index in [1.54, 1.807) is 0 Å². The second-order valence-corrected chi connectivity index (χ2v) is 4.97. The van der Waals surface area contributed by atoms with Crippen molar-refractivity contribution in [1.82, 2.24) is 10.6 Å². The van der Waals surface area contributed by atoms with Crippen LogP contribution in [0.4, 0.5) is 0 Å². The second-order valence-electron chi connectivity index (χ2n) is 4.97. The van der Waals surface area contributed by atoms with Crippen molar-refractivity contribution in [3.8, 4) is 0 Å². The van der Waals surface area contributed by atoms with E-state index >= 15 is 0 Å². The minimum absolute atomic E-state index is 0.0250. The maximum absolute atomic E-state index is 11.8. The number of amides is 1. The predicted octanol–water partition coefficient (Wildman–Crippen LogP) is -0.905. The van der Waals surface area contributed by atoms with Gasteiger partial charge in [-0.15, -0.1) is 0 Å². The Morgan fingerprint density at radius 2 is 2.00 bits per heavy atom. The van der Waals surface area contributed by atoms with Gasteiger partial charge in [0.15, 0.2) is 0 Å². The summed E-state index contributed by atoms with van der Waals surface area (Å²) in [4.78, 5) is 11.8. The Hall–Kier alpha value is -0.650. The largest absolute Gasteiger partial charge is 0.392 e. The Morgan fingerprint density at radius 1 is 1.31 bits per heavy atom. The molecule has 5 heteroatoms. The first kappa shape index (κ1) is 11.8. The highest BCUT2D eigenvalue weighted by Crippen LogP contribution is 2.17. The number of hydrogen-bond acceptors (Lipinski definition) is 4. The SMILES string of the molecule is N[C@H]1CC[C@H](NC(=O)[C@H]2C[C@H](O)CN2)CC1. The fraction of sp³-hybridized carbons (Fsp3) is 0.909. The summed E-state index contributed by atoms with van der Waals surface area (Å²) in [6.45, 7) is 0.521. The molecule has 1 amide bonds. The molecule has 5 nitrogen and oxygen atoms in total. The highest BCUT2D eigenvalue weighted by atomic mass is 16.3. The Balaban J connectivity index is 1.75. The van der Waals surface area contributed by atoms with Gasteiger partial charge in [-0.05, 0) is 32.1 Å². The summed E-state index contributed by atoms with van der Waals surface area (Å²) < 4.78 is 0. The molecule has 16 heavy (non-hydrogen) atoms. The van der Waals surface area contributed by atoms with Crippen molar-refractivity contribution in [1.29, 1.82) is 0 Å². The first-order chi connectivity index (χ1) is 7.65. The van der Waals surface area contributed by atoms with E-state index in [4.69, 9.17) is 5.73 Å². The third-order valence-corrected chi connectivity index (χ3v) is 3.54. The molecule has 0 radical (unpaired) electrons. The molecule has 0 unspecified atom stereocenters.